The molecule has 0 saturated carbocycles. The van der Waals surface area contributed by atoms with Crippen molar-refractivity contribution in [3.8, 4) is 5.75 Å². The van der Waals surface area contributed by atoms with E-state index in [0.29, 0.717) is 0 Å². The monoisotopic (exact) mass is 452 g/mol. The lowest BCUT2D eigenvalue weighted by Crippen LogP contribution is -2.34. The van der Waals surface area contributed by atoms with Crippen LogP contribution in [0.25, 0.3) is 0 Å². The van der Waals surface area contributed by atoms with E-state index in [2.05, 4.69) is 16.1 Å². The summed E-state index contributed by atoms with van der Waals surface area (Å²) >= 11 is 6.17. The minimum absolute atomic E-state index is 0.0132. The molecule has 7 nitrogen and oxygen atoms in total. The zero-order chi connectivity index (χ0) is 21.6. The summed E-state index contributed by atoms with van der Waals surface area (Å²) in [5, 5.41) is 3.12. The normalized spacial score (nSPS) is 16.0. The van der Waals surface area contributed by atoms with Gasteiger partial charge in [-0.15, -0.1) is 0 Å². The van der Waals surface area contributed by atoms with Crippen LogP contribution >= 0.6 is 11.6 Å². The van der Waals surface area contributed by atoms with Gasteiger partial charge in [0.1, 0.15) is 5.75 Å². The molecule has 0 fully saturated rings. The number of halogens is 1. The zero-order valence-electron chi connectivity index (χ0n) is 16.7. The van der Waals surface area contributed by atoms with Crippen molar-refractivity contribution in [2.75, 3.05) is 26.9 Å². The van der Waals surface area contributed by atoms with Gasteiger partial charge in [-0.2, -0.15) is 0 Å². The average Bonchev–Trinajstić information content (AvgIpc) is 2.73. The third-order valence-corrected chi connectivity index (χ3v) is 6.63. The summed E-state index contributed by atoms with van der Waals surface area (Å²) < 4.78 is 37.2. The predicted molar refractivity (Wildman–Crippen MR) is 114 cm³/mol. The number of nitrogens with one attached hydrogen (secondary N) is 2. The van der Waals surface area contributed by atoms with Gasteiger partial charge in [0.25, 0.3) is 5.91 Å². The van der Waals surface area contributed by atoms with E-state index in [4.69, 9.17) is 21.1 Å². The van der Waals surface area contributed by atoms with Gasteiger partial charge in [-0.3, -0.25) is 4.79 Å². The molecular weight excluding hydrogens is 428 g/mol. The Morgan fingerprint density at radius 2 is 2.03 bits per heavy atom. The predicted octanol–water partition coefficient (Wildman–Crippen LogP) is 2.84. The van der Waals surface area contributed by atoms with Gasteiger partial charge in [0.15, 0.2) is 6.61 Å². The van der Waals surface area contributed by atoms with Crippen LogP contribution in [0.4, 0.5) is 0 Å². The van der Waals surface area contributed by atoms with Crippen molar-refractivity contribution in [1.82, 2.24) is 10.0 Å². The van der Waals surface area contributed by atoms with Crippen LogP contribution in [-0.2, 0) is 26.0 Å². The molecule has 1 aliphatic rings. The summed E-state index contributed by atoms with van der Waals surface area (Å²) in [6.45, 7) is 0.199. The quantitative estimate of drug-likeness (QED) is 0.570. The second-order valence-corrected chi connectivity index (χ2v) is 9.16. The van der Waals surface area contributed by atoms with Gasteiger partial charge >= 0.3 is 0 Å². The van der Waals surface area contributed by atoms with Crippen molar-refractivity contribution in [3.05, 3.63) is 58.6 Å². The summed E-state index contributed by atoms with van der Waals surface area (Å²) in [6.07, 6.45) is 2.92. The highest BCUT2D eigenvalue weighted by atomic mass is 35.5. The van der Waals surface area contributed by atoms with Crippen molar-refractivity contribution < 1.29 is 22.7 Å². The number of carbonyl (C=O) groups is 1. The summed E-state index contributed by atoms with van der Waals surface area (Å²) in [5.41, 5.74) is 2.40. The average molecular weight is 453 g/mol. The highest BCUT2D eigenvalue weighted by molar-refractivity contribution is 7.89. The first-order valence-corrected chi connectivity index (χ1v) is 11.5. The molecule has 30 heavy (non-hydrogen) atoms. The molecule has 2 aromatic rings. The molecule has 0 spiro atoms. The van der Waals surface area contributed by atoms with Gasteiger partial charge in [-0.05, 0) is 48.6 Å². The number of sulfonamides is 1. The molecular formula is C21H25ClN2O5S. The lowest BCUT2D eigenvalue weighted by atomic mass is 9.88. The van der Waals surface area contributed by atoms with Crippen LogP contribution in [-0.4, -0.2) is 41.2 Å². The van der Waals surface area contributed by atoms with Crippen molar-refractivity contribution >= 4 is 27.5 Å². The van der Waals surface area contributed by atoms with Crippen LogP contribution in [0.2, 0.25) is 5.02 Å². The van der Waals surface area contributed by atoms with Crippen LogP contribution < -0.4 is 14.8 Å². The fourth-order valence-corrected chi connectivity index (χ4v) is 4.75. The van der Waals surface area contributed by atoms with Crippen LogP contribution in [0.5, 0.6) is 5.75 Å². The van der Waals surface area contributed by atoms with Crippen molar-refractivity contribution in [2.45, 2.75) is 30.2 Å². The minimum atomic E-state index is -3.70. The topological polar surface area (TPSA) is 93.7 Å². The Morgan fingerprint density at radius 1 is 1.23 bits per heavy atom. The molecule has 9 heteroatoms. The van der Waals surface area contributed by atoms with E-state index < -0.39 is 10.0 Å². The molecule has 0 bridgehead atoms. The smallest absolute Gasteiger partial charge is 0.258 e. The number of amides is 1. The third-order valence-electron chi connectivity index (χ3n) is 4.88. The Balaban J connectivity index is 1.58. The fourth-order valence-electron chi connectivity index (χ4n) is 3.41. The number of hydrogen-bond acceptors (Lipinski definition) is 5. The van der Waals surface area contributed by atoms with Crippen LogP contribution in [0, 0.1) is 0 Å². The van der Waals surface area contributed by atoms with Crippen molar-refractivity contribution in [1.29, 1.82) is 0 Å². The SMILES string of the molecule is COCCNS(=O)(=O)c1ccc(OCC(=O)N[C@H]2CCCc3ccccc32)c(Cl)c1. The first-order valence-electron chi connectivity index (χ1n) is 9.69. The van der Waals surface area contributed by atoms with Crippen LogP contribution in [0.1, 0.15) is 30.0 Å². The van der Waals surface area contributed by atoms with Gasteiger partial charge < -0.3 is 14.8 Å². The van der Waals surface area contributed by atoms with Crippen LogP contribution in [0.3, 0.4) is 0 Å². The lowest BCUT2D eigenvalue weighted by Gasteiger charge is -2.26. The molecule has 2 N–H and O–H groups in total. The van der Waals surface area contributed by atoms with E-state index in [1.165, 1.54) is 30.9 Å². The van der Waals surface area contributed by atoms with E-state index in [0.717, 1.165) is 24.8 Å². The van der Waals surface area contributed by atoms with Gasteiger partial charge in [0.05, 0.1) is 22.6 Å². The molecule has 1 amide bonds. The lowest BCUT2D eigenvalue weighted by molar-refractivity contribution is -0.123. The molecule has 0 unspecified atom stereocenters. The van der Waals surface area contributed by atoms with Crippen molar-refractivity contribution in [2.24, 2.45) is 0 Å². The van der Waals surface area contributed by atoms with Gasteiger partial charge in [-0.25, -0.2) is 13.1 Å². The summed E-state index contributed by atoms with van der Waals surface area (Å²) in [5.74, 6) is -0.0163. The highest BCUT2D eigenvalue weighted by Crippen LogP contribution is 2.30. The molecule has 0 heterocycles. The molecule has 2 aromatic carbocycles. The number of methoxy groups -OCH3 is 1. The number of benzene rings is 2. The third kappa shape index (κ3) is 5.72. The second kappa shape index (κ2) is 10.3. The second-order valence-electron chi connectivity index (χ2n) is 6.98. The van der Waals surface area contributed by atoms with E-state index in [9.17, 15) is 13.2 Å². The number of hydrogen-bond donors (Lipinski definition) is 2. The van der Waals surface area contributed by atoms with E-state index in [1.807, 2.05) is 18.2 Å². The first-order chi connectivity index (χ1) is 14.4. The molecule has 1 aliphatic carbocycles. The Kier molecular flexibility index (Phi) is 7.71. The number of aryl methyl sites for hydroxylation is 1. The number of ether oxygens (including phenoxy) is 2. The van der Waals surface area contributed by atoms with Gasteiger partial charge in [0.2, 0.25) is 10.0 Å². The fraction of sp³-hybridized carbons (Fsp3) is 0.381. The van der Waals surface area contributed by atoms with Crippen LogP contribution in [0.15, 0.2) is 47.4 Å². The first kappa shape index (κ1) is 22.6. The summed E-state index contributed by atoms with van der Waals surface area (Å²) in [6, 6.07) is 12.2. The summed E-state index contributed by atoms with van der Waals surface area (Å²) in [7, 11) is -2.21. The Morgan fingerprint density at radius 3 is 2.80 bits per heavy atom. The number of carbonyl (C=O) groups excluding carboxylic acids is 1. The molecule has 0 saturated heterocycles. The van der Waals surface area contributed by atoms with E-state index >= 15 is 0 Å². The molecule has 0 aromatic heterocycles. The Hall–Kier alpha value is -2.13. The standard InChI is InChI=1S/C21H25ClN2O5S/c1-28-12-11-23-30(26,27)16-9-10-20(18(22)13-16)29-14-21(25)24-19-8-4-6-15-5-2-3-7-17(15)19/h2-3,5,7,9-10,13,19,23H,4,6,8,11-12,14H2,1H3,(H,24,25)/t19-/m0/s1. The maximum atomic E-state index is 12.4. The Labute approximate surface area is 181 Å². The largest absolute Gasteiger partial charge is 0.482 e. The maximum Gasteiger partial charge on any atom is 0.258 e. The highest BCUT2D eigenvalue weighted by Gasteiger charge is 2.22. The molecule has 0 radical (unpaired) electrons. The van der Waals surface area contributed by atoms with Crippen molar-refractivity contribution in [3.63, 3.8) is 0 Å². The van der Waals surface area contributed by atoms with E-state index in [1.54, 1.807) is 0 Å². The molecule has 0 aliphatic heterocycles. The zero-order valence-corrected chi connectivity index (χ0v) is 18.3. The minimum Gasteiger partial charge on any atom is -0.482 e. The van der Waals surface area contributed by atoms with Gasteiger partial charge in [-0.1, -0.05) is 35.9 Å². The molecule has 1 atom stereocenters. The molecule has 162 valence electrons. The summed E-state index contributed by atoms with van der Waals surface area (Å²) in [4.78, 5) is 12.4. The molecule has 3 rings (SSSR count). The number of fused-ring (bicyclic) bond motifs is 1. The van der Waals surface area contributed by atoms with Gasteiger partial charge in [0, 0.05) is 13.7 Å². The van der Waals surface area contributed by atoms with E-state index in [-0.39, 0.29) is 47.4 Å². The Bertz CT molecular complexity index is 997. The maximum absolute atomic E-state index is 12.4. The number of rotatable bonds is 9.